The van der Waals surface area contributed by atoms with Crippen molar-refractivity contribution >= 4 is 23.5 Å². The second-order valence-electron chi connectivity index (χ2n) is 5.07. The summed E-state index contributed by atoms with van der Waals surface area (Å²) in [5.41, 5.74) is 0.932. The molecule has 0 saturated carbocycles. The maximum atomic E-state index is 12.2. The molecule has 0 saturated heterocycles. The summed E-state index contributed by atoms with van der Waals surface area (Å²) >= 11 is 1.76. The fourth-order valence-corrected chi connectivity index (χ4v) is 2.53. The summed E-state index contributed by atoms with van der Waals surface area (Å²) in [6.45, 7) is 4.93. The predicted molar refractivity (Wildman–Crippen MR) is 90.2 cm³/mol. The Hall–Kier alpha value is -1.76. The molecule has 0 fully saturated rings. The van der Waals surface area contributed by atoms with Crippen molar-refractivity contribution in [1.82, 2.24) is 10.2 Å². The van der Waals surface area contributed by atoms with E-state index in [4.69, 9.17) is 0 Å². The topological polar surface area (TPSA) is 75.5 Å². The van der Waals surface area contributed by atoms with Crippen molar-refractivity contribution in [2.45, 2.75) is 32.9 Å². The summed E-state index contributed by atoms with van der Waals surface area (Å²) in [7, 11) is 0. The lowest BCUT2D eigenvalue weighted by Gasteiger charge is -2.24. The Bertz CT molecular complexity index is 493. The first-order valence-corrected chi connectivity index (χ1v) is 8.65. The fourth-order valence-electron chi connectivity index (χ4n) is 1.94. The molecule has 1 aromatic rings. The van der Waals surface area contributed by atoms with Gasteiger partial charge in [0.1, 0.15) is 0 Å². The number of nitro benzene ring substituents is 1. The zero-order valence-corrected chi connectivity index (χ0v) is 14.1. The van der Waals surface area contributed by atoms with Gasteiger partial charge in [-0.3, -0.25) is 10.1 Å². The Balaban J connectivity index is 2.59. The summed E-state index contributed by atoms with van der Waals surface area (Å²) in [6.07, 6.45) is 2.98. The molecule has 0 radical (unpaired) electrons. The van der Waals surface area contributed by atoms with Gasteiger partial charge in [0, 0.05) is 31.3 Å². The van der Waals surface area contributed by atoms with Crippen molar-refractivity contribution < 1.29 is 9.72 Å². The van der Waals surface area contributed by atoms with E-state index < -0.39 is 4.92 Å². The molecule has 1 rings (SSSR count). The molecule has 0 bridgehead atoms. The predicted octanol–water partition coefficient (Wildman–Crippen LogP) is 3.27. The van der Waals surface area contributed by atoms with Gasteiger partial charge in [-0.05, 0) is 37.8 Å². The van der Waals surface area contributed by atoms with E-state index in [1.807, 2.05) is 20.1 Å². The number of hydrogen-bond acceptors (Lipinski definition) is 4. The molecule has 0 spiro atoms. The van der Waals surface area contributed by atoms with Crippen LogP contribution in [-0.4, -0.2) is 40.4 Å². The van der Waals surface area contributed by atoms with E-state index >= 15 is 0 Å². The molecule has 0 heterocycles. The summed E-state index contributed by atoms with van der Waals surface area (Å²) in [5.74, 6) is 1.01. The molecule has 0 unspecified atom stereocenters. The summed E-state index contributed by atoms with van der Waals surface area (Å²) in [6, 6.07) is 6.32. The number of nitrogens with zero attached hydrogens (tertiary/aromatic N) is 2. The van der Waals surface area contributed by atoms with Crippen LogP contribution in [0.3, 0.4) is 0 Å². The first-order chi connectivity index (χ1) is 10.5. The highest BCUT2D eigenvalue weighted by atomic mass is 32.2. The smallest absolute Gasteiger partial charge is 0.317 e. The quantitative estimate of drug-likeness (QED) is 0.588. The number of non-ortho nitro benzene ring substituents is 1. The van der Waals surface area contributed by atoms with Crippen LogP contribution in [0.4, 0.5) is 10.5 Å². The molecule has 1 N–H and O–H groups in total. The highest BCUT2D eigenvalue weighted by Gasteiger charge is 2.15. The molecule has 0 aliphatic rings. The minimum Gasteiger partial charge on any atom is -0.335 e. The molecular formula is C15H23N3O3S. The third-order valence-corrected chi connectivity index (χ3v) is 3.96. The van der Waals surface area contributed by atoms with Crippen molar-refractivity contribution in [1.29, 1.82) is 0 Å². The highest BCUT2D eigenvalue weighted by Crippen LogP contribution is 2.13. The first-order valence-electron chi connectivity index (χ1n) is 7.25. The molecule has 0 aliphatic heterocycles. The second kappa shape index (κ2) is 9.30. The molecule has 1 aromatic carbocycles. The fraction of sp³-hybridized carbons (Fsp3) is 0.533. The van der Waals surface area contributed by atoms with E-state index in [1.165, 1.54) is 12.1 Å². The van der Waals surface area contributed by atoms with Gasteiger partial charge in [0.15, 0.2) is 0 Å². The van der Waals surface area contributed by atoms with E-state index in [2.05, 4.69) is 5.32 Å². The molecular weight excluding hydrogens is 302 g/mol. The van der Waals surface area contributed by atoms with Crippen LogP contribution in [0.2, 0.25) is 0 Å². The van der Waals surface area contributed by atoms with Crippen LogP contribution in [0.15, 0.2) is 24.3 Å². The zero-order valence-electron chi connectivity index (χ0n) is 13.2. The Morgan fingerprint density at radius 2 is 2.05 bits per heavy atom. The number of hydrogen-bond donors (Lipinski definition) is 1. The maximum absolute atomic E-state index is 12.2. The number of carbonyl (C=O) groups is 1. The highest BCUT2D eigenvalue weighted by molar-refractivity contribution is 7.98. The Kier molecular flexibility index (Phi) is 7.73. The molecule has 1 atom stereocenters. The van der Waals surface area contributed by atoms with Crippen LogP contribution in [0, 0.1) is 10.1 Å². The minimum absolute atomic E-state index is 0.0573. The van der Waals surface area contributed by atoms with Crippen molar-refractivity contribution in [3.8, 4) is 0 Å². The third kappa shape index (κ3) is 5.93. The SMILES string of the molecule is CCN(Cc1ccc([N+](=O)[O-])cc1)C(=O)N[C@@H](C)CCSC. The van der Waals surface area contributed by atoms with Crippen LogP contribution < -0.4 is 5.32 Å². The number of benzene rings is 1. The molecule has 2 amide bonds. The Labute approximate surface area is 135 Å². The first kappa shape index (κ1) is 18.3. The van der Waals surface area contributed by atoms with Crippen LogP contribution in [0.5, 0.6) is 0 Å². The number of amides is 2. The number of urea groups is 1. The standard InChI is InChI=1S/C15H23N3O3S/c1-4-17(15(19)16-12(2)9-10-22-3)11-13-5-7-14(8-6-13)18(20)21/h5-8,12H,4,9-11H2,1-3H3,(H,16,19)/t12-/m0/s1. The van der Waals surface area contributed by atoms with Crippen LogP contribution in [-0.2, 0) is 6.54 Å². The molecule has 0 aromatic heterocycles. The van der Waals surface area contributed by atoms with Crippen LogP contribution in [0.1, 0.15) is 25.8 Å². The number of nitro groups is 1. The van der Waals surface area contributed by atoms with Crippen molar-refractivity contribution in [3.05, 3.63) is 39.9 Å². The monoisotopic (exact) mass is 325 g/mol. The summed E-state index contributed by atoms with van der Waals surface area (Å²) in [5, 5.41) is 13.6. The summed E-state index contributed by atoms with van der Waals surface area (Å²) in [4.78, 5) is 24.1. The van der Waals surface area contributed by atoms with Crippen LogP contribution >= 0.6 is 11.8 Å². The van der Waals surface area contributed by atoms with E-state index in [-0.39, 0.29) is 17.8 Å². The van der Waals surface area contributed by atoms with Gasteiger partial charge in [0.25, 0.3) is 5.69 Å². The van der Waals surface area contributed by atoms with Gasteiger partial charge in [0.2, 0.25) is 0 Å². The average Bonchev–Trinajstić information content (AvgIpc) is 2.50. The maximum Gasteiger partial charge on any atom is 0.317 e. The van der Waals surface area contributed by atoms with Crippen molar-refractivity contribution in [3.63, 3.8) is 0 Å². The van der Waals surface area contributed by atoms with Gasteiger partial charge < -0.3 is 10.2 Å². The van der Waals surface area contributed by atoms with Gasteiger partial charge in [0.05, 0.1) is 4.92 Å². The Morgan fingerprint density at radius 3 is 2.55 bits per heavy atom. The number of rotatable bonds is 8. The van der Waals surface area contributed by atoms with Gasteiger partial charge >= 0.3 is 6.03 Å². The second-order valence-corrected chi connectivity index (χ2v) is 6.06. The van der Waals surface area contributed by atoms with Crippen LogP contribution in [0.25, 0.3) is 0 Å². The zero-order chi connectivity index (χ0) is 16.5. The molecule has 122 valence electrons. The number of carbonyl (C=O) groups excluding carboxylic acids is 1. The lowest BCUT2D eigenvalue weighted by atomic mass is 10.2. The number of thioether (sulfide) groups is 1. The average molecular weight is 325 g/mol. The third-order valence-electron chi connectivity index (χ3n) is 3.31. The van der Waals surface area contributed by atoms with Crippen molar-refractivity contribution in [2.24, 2.45) is 0 Å². The minimum atomic E-state index is -0.429. The summed E-state index contributed by atoms with van der Waals surface area (Å²) < 4.78 is 0. The van der Waals surface area contributed by atoms with Gasteiger partial charge in [-0.2, -0.15) is 11.8 Å². The molecule has 0 aliphatic carbocycles. The van der Waals surface area contributed by atoms with Gasteiger partial charge in [-0.15, -0.1) is 0 Å². The van der Waals surface area contributed by atoms with Gasteiger partial charge in [-0.25, -0.2) is 4.79 Å². The van der Waals surface area contributed by atoms with Gasteiger partial charge in [-0.1, -0.05) is 12.1 Å². The van der Waals surface area contributed by atoms with E-state index in [1.54, 1.807) is 28.8 Å². The molecule has 6 nitrogen and oxygen atoms in total. The number of nitrogens with one attached hydrogen (secondary N) is 1. The van der Waals surface area contributed by atoms with E-state index in [0.29, 0.717) is 13.1 Å². The van der Waals surface area contributed by atoms with E-state index in [9.17, 15) is 14.9 Å². The normalized spacial score (nSPS) is 11.8. The van der Waals surface area contributed by atoms with E-state index in [0.717, 1.165) is 17.7 Å². The van der Waals surface area contributed by atoms with Crippen molar-refractivity contribution in [2.75, 3.05) is 18.6 Å². The largest absolute Gasteiger partial charge is 0.335 e. The lowest BCUT2D eigenvalue weighted by molar-refractivity contribution is -0.384. The lowest BCUT2D eigenvalue weighted by Crippen LogP contribution is -2.43. The Morgan fingerprint density at radius 1 is 1.41 bits per heavy atom. The molecule has 7 heteroatoms. The molecule has 22 heavy (non-hydrogen) atoms.